The van der Waals surface area contributed by atoms with E-state index in [0.29, 0.717) is 37.5 Å². The highest BCUT2D eigenvalue weighted by molar-refractivity contribution is 6.30. The van der Waals surface area contributed by atoms with E-state index in [9.17, 15) is 9.59 Å². The Labute approximate surface area is 186 Å². The number of nitrogens with zero attached hydrogens (tertiary/aromatic N) is 3. The molecule has 1 aliphatic rings. The second-order valence-electron chi connectivity index (χ2n) is 7.92. The average Bonchev–Trinajstić information content (AvgIpc) is 3.27. The van der Waals surface area contributed by atoms with Gasteiger partial charge in [-0.15, -0.1) is 0 Å². The number of amides is 2. The van der Waals surface area contributed by atoms with E-state index in [-0.39, 0.29) is 17.7 Å². The third-order valence-corrected chi connectivity index (χ3v) is 5.91. The number of likely N-dealkylation sites (tertiary alicyclic amines) is 1. The Morgan fingerprint density at radius 3 is 2.42 bits per heavy atom. The highest BCUT2D eigenvalue weighted by Gasteiger charge is 2.27. The molecule has 1 saturated heterocycles. The van der Waals surface area contributed by atoms with Gasteiger partial charge in [-0.05, 0) is 44.0 Å². The van der Waals surface area contributed by atoms with Crippen molar-refractivity contribution in [2.45, 2.75) is 26.3 Å². The SMILES string of the molecule is Cc1ccc(C(=O)C2CCN(C(=O)NCc3cnn(-c4ccc(Cl)cc4)c3)CC2)cc1. The minimum Gasteiger partial charge on any atom is -0.334 e. The molecular formula is C24H25ClN4O2. The summed E-state index contributed by atoms with van der Waals surface area (Å²) in [5.74, 6) is 0.152. The number of carbonyl (C=O) groups is 2. The second kappa shape index (κ2) is 9.35. The molecule has 2 amide bonds. The predicted molar refractivity (Wildman–Crippen MR) is 121 cm³/mol. The van der Waals surface area contributed by atoms with Gasteiger partial charge < -0.3 is 10.2 Å². The van der Waals surface area contributed by atoms with Gasteiger partial charge in [-0.1, -0.05) is 41.4 Å². The summed E-state index contributed by atoms with van der Waals surface area (Å²) in [4.78, 5) is 27.0. The molecule has 0 saturated carbocycles. The Morgan fingerprint density at radius 2 is 1.74 bits per heavy atom. The summed E-state index contributed by atoms with van der Waals surface area (Å²) in [5, 5.41) is 7.97. The number of carbonyl (C=O) groups excluding carboxylic acids is 2. The highest BCUT2D eigenvalue weighted by atomic mass is 35.5. The van der Waals surface area contributed by atoms with E-state index in [1.807, 2.05) is 61.7 Å². The Morgan fingerprint density at radius 1 is 1.06 bits per heavy atom. The quantitative estimate of drug-likeness (QED) is 0.592. The molecule has 0 spiro atoms. The van der Waals surface area contributed by atoms with Gasteiger partial charge in [0.2, 0.25) is 0 Å². The summed E-state index contributed by atoms with van der Waals surface area (Å²) >= 11 is 5.93. The molecule has 2 heterocycles. The monoisotopic (exact) mass is 436 g/mol. The number of aryl methyl sites for hydroxylation is 1. The molecule has 31 heavy (non-hydrogen) atoms. The number of urea groups is 1. The van der Waals surface area contributed by atoms with Crippen molar-refractivity contribution in [1.29, 1.82) is 0 Å². The van der Waals surface area contributed by atoms with Crippen molar-refractivity contribution in [2.24, 2.45) is 5.92 Å². The van der Waals surface area contributed by atoms with Crippen molar-refractivity contribution < 1.29 is 9.59 Å². The Bertz CT molecular complexity index is 1050. The first-order chi connectivity index (χ1) is 15.0. The first-order valence-electron chi connectivity index (χ1n) is 10.4. The topological polar surface area (TPSA) is 67.2 Å². The van der Waals surface area contributed by atoms with E-state index < -0.39 is 0 Å². The van der Waals surface area contributed by atoms with Crippen LogP contribution in [0.1, 0.15) is 34.3 Å². The number of piperidine rings is 1. The predicted octanol–water partition coefficient (Wildman–Crippen LogP) is 4.64. The van der Waals surface area contributed by atoms with Crippen LogP contribution in [0, 0.1) is 12.8 Å². The average molecular weight is 437 g/mol. The summed E-state index contributed by atoms with van der Waals surface area (Å²) in [6.45, 7) is 3.57. The van der Waals surface area contributed by atoms with Crippen LogP contribution in [0.4, 0.5) is 4.79 Å². The van der Waals surface area contributed by atoms with Crippen LogP contribution >= 0.6 is 11.6 Å². The number of benzene rings is 2. The molecule has 160 valence electrons. The summed E-state index contributed by atoms with van der Waals surface area (Å²) in [5.41, 5.74) is 3.71. The molecule has 6 nitrogen and oxygen atoms in total. The molecule has 0 unspecified atom stereocenters. The maximum atomic E-state index is 12.7. The molecule has 0 bridgehead atoms. The third-order valence-electron chi connectivity index (χ3n) is 5.66. The second-order valence-corrected chi connectivity index (χ2v) is 8.36. The Hall–Kier alpha value is -3.12. The molecule has 1 aliphatic heterocycles. The van der Waals surface area contributed by atoms with E-state index in [1.165, 1.54) is 0 Å². The van der Waals surface area contributed by atoms with E-state index in [0.717, 1.165) is 22.4 Å². The van der Waals surface area contributed by atoms with E-state index in [2.05, 4.69) is 10.4 Å². The minimum atomic E-state index is -0.111. The summed E-state index contributed by atoms with van der Waals surface area (Å²) in [6.07, 6.45) is 5.00. The number of aromatic nitrogens is 2. The number of nitrogens with one attached hydrogen (secondary N) is 1. The van der Waals surface area contributed by atoms with Crippen LogP contribution in [0.15, 0.2) is 60.9 Å². The lowest BCUT2D eigenvalue weighted by atomic mass is 9.89. The number of rotatable bonds is 5. The van der Waals surface area contributed by atoms with Crippen LogP contribution in [0.25, 0.3) is 5.69 Å². The van der Waals surface area contributed by atoms with Gasteiger partial charge in [0.05, 0.1) is 11.9 Å². The van der Waals surface area contributed by atoms with Crippen molar-refractivity contribution in [3.8, 4) is 5.69 Å². The number of hydrogen-bond acceptors (Lipinski definition) is 3. The van der Waals surface area contributed by atoms with Gasteiger partial charge in [-0.25, -0.2) is 9.48 Å². The summed E-state index contributed by atoms with van der Waals surface area (Å²) in [6, 6.07) is 15.0. The van der Waals surface area contributed by atoms with E-state index in [4.69, 9.17) is 11.6 Å². The third kappa shape index (κ3) is 5.14. The summed E-state index contributed by atoms with van der Waals surface area (Å²) < 4.78 is 1.75. The Balaban J connectivity index is 1.26. The van der Waals surface area contributed by atoms with E-state index in [1.54, 1.807) is 15.8 Å². The van der Waals surface area contributed by atoms with Crippen molar-refractivity contribution in [1.82, 2.24) is 20.0 Å². The van der Waals surface area contributed by atoms with Crippen LogP contribution in [0.5, 0.6) is 0 Å². The van der Waals surface area contributed by atoms with Gasteiger partial charge in [-0.2, -0.15) is 5.10 Å². The molecule has 2 aromatic carbocycles. The van der Waals surface area contributed by atoms with Crippen LogP contribution in [-0.4, -0.2) is 39.6 Å². The normalized spacial score (nSPS) is 14.5. The lowest BCUT2D eigenvalue weighted by Crippen LogP contribution is -2.45. The lowest BCUT2D eigenvalue weighted by Gasteiger charge is -2.31. The van der Waals surface area contributed by atoms with Crippen LogP contribution in [-0.2, 0) is 6.54 Å². The number of hydrogen-bond donors (Lipinski definition) is 1. The number of Topliss-reactive ketones (excluding diaryl/α,β-unsaturated/α-hetero) is 1. The maximum Gasteiger partial charge on any atom is 0.317 e. The Kier molecular flexibility index (Phi) is 6.37. The molecule has 1 aromatic heterocycles. The van der Waals surface area contributed by atoms with Gasteiger partial charge in [0, 0.05) is 47.9 Å². The molecule has 7 heteroatoms. The largest absolute Gasteiger partial charge is 0.334 e. The van der Waals surface area contributed by atoms with Crippen LogP contribution < -0.4 is 5.32 Å². The van der Waals surface area contributed by atoms with Crippen molar-refractivity contribution in [2.75, 3.05) is 13.1 Å². The maximum absolute atomic E-state index is 12.7. The van der Waals surface area contributed by atoms with Crippen LogP contribution in [0.3, 0.4) is 0 Å². The zero-order valence-electron chi connectivity index (χ0n) is 17.4. The first-order valence-corrected chi connectivity index (χ1v) is 10.8. The smallest absolute Gasteiger partial charge is 0.317 e. The van der Waals surface area contributed by atoms with Crippen molar-refractivity contribution >= 4 is 23.4 Å². The molecule has 0 atom stereocenters. The van der Waals surface area contributed by atoms with Crippen molar-refractivity contribution in [3.05, 3.63) is 82.6 Å². The standard InChI is InChI=1S/C24H25ClN4O2/c1-17-2-4-19(5-3-17)23(30)20-10-12-28(13-11-20)24(31)26-14-18-15-27-29(16-18)22-8-6-21(25)7-9-22/h2-9,15-16,20H,10-14H2,1H3,(H,26,31). The van der Waals surface area contributed by atoms with Gasteiger partial charge in [-0.3, -0.25) is 4.79 Å². The molecular weight excluding hydrogens is 412 g/mol. The lowest BCUT2D eigenvalue weighted by molar-refractivity contribution is 0.0854. The first kappa shape index (κ1) is 21.1. The highest BCUT2D eigenvalue weighted by Crippen LogP contribution is 2.22. The van der Waals surface area contributed by atoms with E-state index >= 15 is 0 Å². The van der Waals surface area contributed by atoms with Gasteiger partial charge in [0.15, 0.2) is 5.78 Å². The zero-order chi connectivity index (χ0) is 21.8. The molecule has 1 N–H and O–H groups in total. The van der Waals surface area contributed by atoms with Crippen molar-refractivity contribution in [3.63, 3.8) is 0 Å². The molecule has 0 radical (unpaired) electrons. The fourth-order valence-corrected chi connectivity index (χ4v) is 3.90. The molecule has 0 aliphatic carbocycles. The molecule has 3 aromatic rings. The molecule has 4 rings (SSSR count). The fraction of sp³-hybridized carbons (Fsp3) is 0.292. The van der Waals surface area contributed by atoms with Crippen LogP contribution in [0.2, 0.25) is 5.02 Å². The molecule has 1 fully saturated rings. The summed E-state index contributed by atoms with van der Waals surface area (Å²) in [7, 11) is 0. The van der Waals surface area contributed by atoms with Gasteiger partial charge in [0.1, 0.15) is 0 Å². The zero-order valence-corrected chi connectivity index (χ0v) is 18.2. The minimum absolute atomic E-state index is 0.0237. The fourth-order valence-electron chi connectivity index (χ4n) is 3.77. The number of halogens is 1. The van der Waals surface area contributed by atoms with Gasteiger partial charge in [0.25, 0.3) is 0 Å². The number of ketones is 1. The van der Waals surface area contributed by atoms with Gasteiger partial charge >= 0.3 is 6.03 Å².